The van der Waals surface area contributed by atoms with Gasteiger partial charge in [0.05, 0.1) is 13.2 Å². The average molecular weight is 196 g/mol. The summed E-state index contributed by atoms with van der Waals surface area (Å²) in [4.78, 5) is 8.69. The van der Waals surface area contributed by atoms with Crippen LogP contribution in [0.25, 0.3) is 0 Å². The third-order valence-corrected chi connectivity index (χ3v) is 1.13. The summed E-state index contributed by atoms with van der Waals surface area (Å²) in [5, 5.41) is 4.07. The van der Waals surface area contributed by atoms with Crippen LogP contribution >= 0.6 is 0 Å². The highest BCUT2D eigenvalue weighted by molar-refractivity contribution is 4.28. The molecule has 0 N–H and O–H groups in total. The maximum absolute atomic E-state index is 4.60. The van der Waals surface area contributed by atoms with Gasteiger partial charge in [0.2, 0.25) is 0 Å². The summed E-state index contributed by atoms with van der Waals surface area (Å²) in [6, 6.07) is 0. The van der Waals surface area contributed by atoms with E-state index < -0.39 is 6.48 Å². The van der Waals surface area contributed by atoms with Crippen LogP contribution in [0.4, 0.5) is 0 Å². The highest BCUT2D eigenvalue weighted by Gasteiger charge is 1.97. The second-order valence-electron chi connectivity index (χ2n) is 2.06. The molecule has 1 aliphatic rings. The molecular weight excluding hydrogens is 180 g/mol. The summed E-state index contributed by atoms with van der Waals surface area (Å²) in [6.45, 7) is 0.792. The number of ether oxygens (including phenoxy) is 3. The molecule has 0 aromatic heterocycles. The second kappa shape index (κ2) is 9.85. The zero-order valence-electron chi connectivity index (χ0n) is 8.15. The van der Waals surface area contributed by atoms with Gasteiger partial charge in [0.1, 0.15) is 0 Å². The Hall–Kier alpha value is -0.240. The molecule has 0 amide bonds. The minimum Gasteiger partial charge on any atom is -0.333 e. The molecule has 0 saturated carbocycles. The number of hydrogen-bond acceptors (Lipinski definition) is 6. The van der Waals surface area contributed by atoms with Crippen LogP contribution in [0.1, 0.15) is 6.42 Å². The van der Waals surface area contributed by atoms with E-state index in [0.29, 0.717) is 13.2 Å². The summed E-state index contributed by atoms with van der Waals surface area (Å²) in [7, 11) is 4.53. The Morgan fingerprint density at radius 1 is 0.923 bits per heavy atom. The van der Waals surface area contributed by atoms with E-state index in [1.54, 1.807) is 0 Å². The fourth-order valence-corrected chi connectivity index (χ4v) is 0.568. The van der Waals surface area contributed by atoms with Gasteiger partial charge in [0.15, 0.2) is 0 Å². The summed E-state index contributed by atoms with van der Waals surface area (Å²) in [5.74, 6) is 0. The summed E-state index contributed by atoms with van der Waals surface area (Å²) in [6.07, 6.45) is 0.931. The van der Waals surface area contributed by atoms with E-state index in [1.807, 2.05) is 0 Å². The quantitative estimate of drug-likeness (QED) is 0.483. The topological polar surface area (TPSA) is 55.4 Å². The Bertz CT molecular complexity index is 74.0. The Morgan fingerprint density at radius 2 is 1.38 bits per heavy atom. The lowest BCUT2D eigenvalue weighted by atomic mass is 10.5. The highest BCUT2D eigenvalue weighted by atomic mass is 17.5. The maximum atomic E-state index is 4.60. The van der Waals surface area contributed by atoms with Crippen LogP contribution in [0.2, 0.25) is 0 Å². The van der Waals surface area contributed by atoms with Crippen molar-refractivity contribution in [1.82, 2.24) is 0 Å². The predicted octanol–water partition coefficient (Wildman–Crippen LogP) is 0.479. The summed E-state index contributed by atoms with van der Waals surface area (Å²) < 4.78 is 13.8. The molecule has 13 heavy (non-hydrogen) atoms. The lowest BCUT2D eigenvalue weighted by Gasteiger charge is -2.08. The highest BCUT2D eigenvalue weighted by Crippen LogP contribution is 1.93. The van der Waals surface area contributed by atoms with Crippen molar-refractivity contribution in [2.45, 2.75) is 12.9 Å². The van der Waals surface area contributed by atoms with Gasteiger partial charge in [-0.1, -0.05) is 5.04 Å². The first-order chi connectivity index (χ1) is 6.35. The third kappa shape index (κ3) is 8.10. The molecule has 1 rings (SSSR count). The maximum Gasteiger partial charge on any atom is 0.270 e. The molecule has 1 fully saturated rings. The minimum atomic E-state index is -0.514. The van der Waals surface area contributed by atoms with Gasteiger partial charge < -0.3 is 14.2 Å². The second-order valence-corrected chi connectivity index (χ2v) is 2.06. The van der Waals surface area contributed by atoms with Gasteiger partial charge in [0, 0.05) is 27.8 Å². The molecule has 0 bridgehead atoms. The van der Waals surface area contributed by atoms with Crippen LogP contribution in [0, 0.1) is 0 Å². The molecule has 0 radical (unpaired) electrons. The van der Waals surface area contributed by atoms with Crippen molar-refractivity contribution < 1.29 is 29.0 Å². The smallest absolute Gasteiger partial charge is 0.270 e. The molecule has 0 aromatic rings. The van der Waals surface area contributed by atoms with Crippen LogP contribution in [0.15, 0.2) is 0 Å². The van der Waals surface area contributed by atoms with Crippen molar-refractivity contribution in [1.29, 1.82) is 0 Å². The van der Waals surface area contributed by atoms with Crippen molar-refractivity contribution in [2.75, 3.05) is 34.5 Å². The van der Waals surface area contributed by atoms with Crippen molar-refractivity contribution in [3.63, 3.8) is 0 Å². The molecule has 1 saturated heterocycles. The van der Waals surface area contributed by atoms with Gasteiger partial charge in [0.25, 0.3) is 6.48 Å². The van der Waals surface area contributed by atoms with Gasteiger partial charge >= 0.3 is 0 Å². The minimum absolute atomic E-state index is 0.514. The molecule has 6 heteroatoms. The Morgan fingerprint density at radius 3 is 1.46 bits per heavy atom. The fraction of sp³-hybridized carbons (Fsp3) is 1.00. The third-order valence-electron chi connectivity index (χ3n) is 1.13. The molecule has 0 spiro atoms. The first kappa shape index (κ1) is 12.8. The molecule has 1 aliphatic heterocycles. The molecule has 0 atom stereocenters. The van der Waals surface area contributed by atoms with E-state index in [4.69, 9.17) is 0 Å². The van der Waals surface area contributed by atoms with Crippen LogP contribution in [0.3, 0.4) is 0 Å². The normalized spacial score (nSPS) is 16.6. The number of rotatable bonds is 3. The van der Waals surface area contributed by atoms with Gasteiger partial charge in [-0.15, -0.1) is 0 Å². The molecule has 0 aromatic carbocycles. The monoisotopic (exact) mass is 196 g/mol. The van der Waals surface area contributed by atoms with Gasteiger partial charge in [-0.05, 0) is 0 Å². The van der Waals surface area contributed by atoms with E-state index in [1.165, 1.54) is 21.3 Å². The van der Waals surface area contributed by atoms with E-state index in [9.17, 15) is 0 Å². The zero-order valence-corrected chi connectivity index (χ0v) is 8.15. The van der Waals surface area contributed by atoms with Crippen molar-refractivity contribution >= 4 is 0 Å². The summed E-state index contributed by atoms with van der Waals surface area (Å²) in [5.41, 5.74) is 0. The lowest BCUT2D eigenvalue weighted by molar-refractivity contribution is -0.532. The molecule has 6 nitrogen and oxygen atoms in total. The fourth-order valence-electron chi connectivity index (χ4n) is 0.568. The van der Waals surface area contributed by atoms with Gasteiger partial charge in [-0.2, -0.15) is 0 Å². The van der Waals surface area contributed by atoms with E-state index in [2.05, 4.69) is 29.0 Å². The largest absolute Gasteiger partial charge is 0.333 e. The average Bonchev–Trinajstić information content (AvgIpc) is 2.24. The first-order valence-electron chi connectivity index (χ1n) is 3.84. The van der Waals surface area contributed by atoms with E-state index in [-0.39, 0.29) is 0 Å². The molecule has 1 heterocycles. The molecule has 0 unspecified atom stereocenters. The predicted molar refractivity (Wildman–Crippen MR) is 42.4 cm³/mol. The van der Waals surface area contributed by atoms with Crippen LogP contribution in [0.5, 0.6) is 0 Å². The first-order valence-corrected chi connectivity index (χ1v) is 3.84. The zero-order chi connectivity index (χ0) is 9.94. The molecular formula is C7H16O6. The van der Waals surface area contributed by atoms with Crippen molar-refractivity contribution in [2.24, 2.45) is 0 Å². The Kier molecular flexibility index (Phi) is 9.66. The number of methoxy groups -OCH3 is 3. The van der Waals surface area contributed by atoms with E-state index in [0.717, 1.165) is 6.42 Å². The Labute approximate surface area is 77.5 Å². The standard InChI is InChI=1S/C4H10O3.C3H6O3/c1-5-4(6-2)7-3;1-2-4-6-5-3-1/h4H,1-3H3;1-3H2. The lowest BCUT2D eigenvalue weighted by Crippen LogP contribution is -2.14. The van der Waals surface area contributed by atoms with Crippen LogP contribution in [-0.4, -0.2) is 41.0 Å². The van der Waals surface area contributed by atoms with Gasteiger partial charge in [-0.25, -0.2) is 9.78 Å². The molecule has 80 valence electrons. The van der Waals surface area contributed by atoms with Gasteiger partial charge in [-0.3, -0.25) is 0 Å². The molecule has 0 aliphatic carbocycles. The van der Waals surface area contributed by atoms with Crippen molar-refractivity contribution in [3.05, 3.63) is 0 Å². The SMILES string of the molecule is C1COOOC1.COC(OC)OC. The Balaban J connectivity index is 0.000000223. The van der Waals surface area contributed by atoms with Crippen molar-refractivity contribution in [3.8, 4) is 0 Å². The van der Waals surface area contributed by atoms with E-state index >= 15 is 0 Å². The van der Waals surface area contributed by atoms with Crippen LogP contribution < -0.4 is 0 Å². The number of hydrogen-bond donors (Lipinski definition) is 0. The van der Waals surface area contributed by atoms with Crippen LogP contribution in [-0.2, 0) is 29.0 Å². The summed E-state index contributed by atoms with van der Waals surface area (Å²) >= 11 is 0.